The molecule has 0 aliphatic carbocycles. The second-order valence-electron chi connectivity index (χ2n) is 2.08. The van der Waals surface area contributed by atoms with E-state index in [4.69, 9.17) is 10.2 Å². The molecule has 0 saturated heterocycles. The number of carboxylic acid groups (broad SMARTS) is 2. The van der Waals surface area contributed by atoms with Gasteiger partial charge in [-0.2, -0.15) is 0 Å². The van der Waals surface area contributed by atoms with Crippen LogP contribution in [0.3, 0.4) is 0 Å². The van der Waals surface area contributed by atoms with Gasteiger partial charge in [0.1, 0.15) is 0 Å². The molecule has 0 rings (SSSR count). The lowest BCUT2D eigenvalue weighted by Gasteiger charge is -1.92. The van der Waals surface area contributed by atoms with E-state index in [9.17, 15) is 9.59 Å². The summed E-state index contributed by atoms with van der Waals surface area (Å²) in [5, 5.41) is 16.6. The second kappa shape index (κ2) is 5.12. The van der Waals surface area contributed by atoms with Crippen molar-refractivity contribution in [2.75, 3.05) is 0 Å². The molecule has 2 N–H and O–H groups in total. The first-order valence-corrected chi connectivity index (χ1v) is 3.40. The molecule has 0 saturated carbocycles. The Balaban J connectivity index is 4.37. The fourth-order valence-electron chi connectivity index (χ4n) is 0.605. The number of carboxylic acids is 2. The smallest absolute Gasteiger partial charge is 0.328 e. The van der Waals surface area contributed by atoms with Crippen LogP contribution < -0.4 is 0 Å². The van der Waals surface area contributed by atoms with Crippen molar-refractivity contribution in [3.8, 4) is 0 Å². The van der Waals surface area contributed by atoms with Crippen LogP contribution >= 0.6 is 0 Å². The highest BCUT2D eigenvalue weighted by Gasteiger charge is 1.94. The molecule has 4 heteroatoms. The van der Waals surface area contributed by atoms with E-state index in [2.05, 4.69) is 0 Å². The van der Waals surface area contributed by atoms with E-state index in [1.165, 1.54) is 6.08 Å². The highest BCUT2D eigenvalue weighted by molar-refractivity contribution is 5.83. The minimum Gasteiger partial charge on any atom is -0.478 e. The summed E-state index contributed by atoms with van der Waals surface area (Å²) in [6, 6.07) is 0. The summed E-state index contributed by atoms with van der Waals surface area (Å²) in [7, 11) is 0. The first-order chi connectivity index (χ1) is 5.56. The van der Waals surface area contributed by atoms with Crippen LogP contribution in [0, 0.1) is 0 Å². The maximum Gasteiger partial charge on any atom is 0.328 e. The molecule has 0 amide bonds. The van der Waals surface area contributed by atoms with Crippen molar-refractivity contribution in [1.82, 2.24) is 0 Å². The van der Waals surface area contributed by atoms with Crippen molar-refractivity contribution in [3.63, 3.8) is 0 Å². The second-order valence-corrected chi connectivity index (χ2v) is 2.08. The summed E-state index contributed by atoms with van der Waals surface area (Å²) >= 11 is 0. The zero-order valence-electron chi connectivity index (χ0n) is 6.65. The van der Waals surface area contributed by atoms with E-state index in [0.29, 0.717) is 12.0 Å². The Kier molecular flexibility index (Phi) is 4.45. The minimum absolute atomic E-state index is 0.477. The van der Waals surface area contributed by atoms with Crippen molar-refractivity contribution >= 4 is 11.9 Å². The summed E-state index contributed by atoms with van der Waals surface area (Å²) in [6.45, 7) is 1.75. The molecule has 0 aromatic rings. The van der Waals surface area contributed by atoms with Gasteiger partial charge >= 0.3 is 11.9 Å². The number of rotatable bonds is 4. The zero-order chi connectivity index (χ0) is 9.56. The average Bonchev–Trinajstić information content (AvgIpc) is 1.97. The molecule has 0 unspecified atom stereocenters. The first kappa shape index (κ1) is 10.4. The van der Waals surface area contributed by atoms with E-state index >= 15 is 0 Å². The summed E-state index contributed by atoms with van der Waals surface area (Å²) in [4.78, 5) is 20.2. The van der Waals surface area contributed by atoms with Gasteiger partial charge < -0.3 is 10.2 Å². The van der Waals surface area contributed by atoms with Crippen LogP contribution in [0.2, 0.25) is 0 Å². The van der Waals surface area contributed by atoms with Gasteiger partial charge in [-0.25, -0.2) is 9.59 Å². The third-order valence-electron chi connectivity index (χ3n) is 1.16. The van der Waals surface area contributed by atoms with Gasteiger partial charge in [-0.1, -0.05) is 13.0 Å². The number of carbonyl (C=O) groups is 2. The van der Waals surface area contributed by atoms with Crippen molar-refractivity contribution < 1.29 is 19.8 Å². The Hall–Kier alpha value is -1.58. The zero-order valence-corrected chi connectivity index (χ0v) is 6.65. The normalized spacial score (nSPS) is 11.9. The Morgan fingerprint density at radius 1 is 1.17 bits per heavy atom. The molecule has 0 heterocycles. The minimum atomic E-state index is -1.08. The predicted molar refractivity (Wildman–Crippen MR) is 42.8 cm³/mol. The molecular weight excluding hydrogens is 160 g/mol. The molecule has 66 valence electrons. The predicted octanol–water partition coefficient (Wildman–Crippen LogP) is 1.05. The lowest BCUT2D eigenvalue weighted by atomic mass is 10.2. The molecular formula is C8H10O4. The summed E-state index contributed by atoms with van der Waals surface area (Å²) < 4.78 is 0. The van der Waals surface area contributed by atoms with Gasteiger partial charge in [-0.3, -0.25) is 0 Å². The molecule has 4 nitrogen and oxygen atoms in total. The molecule has 0 fully saturated rings. The van der Waals surface area contributed by atoms with Gasteiger partial charge in [0.05, 0.1) is 0 Å². The van der Waals surface area contributed by atoms with Crippen LogP contribution in [-0.2, 0) is 9.59 Å². The van der Waals surface area contributed by atoms with Gasteiger partial charge in [0.2, 0.25) is 0 Å². The van der Waals surface area contributed by atoms with Gasteiger partial charge in [0.25, 0.3) is 0 Å². The number of allylic oxidation sites excluding steroid dienone is 2. The quantitative estimate of drug-likeness (QED) is 0.488. The highest BCUT2D eigenvalue weighted by Crippen LogP contribution is 2.01. The van der Waals surface area contributed by atoms with E-state index < -0.39 is 11.9 Å². The summed E-state index contributed by atoms with van der Waals surface area (Å²) in [5.74, 6) is -2.15. The van der Waals surface area contributed by atoms with Crippen LogP contribution in [0.15, 0.2) is 23.8 Å². The topological polar surface area (TPSA) is 74.6 Å². The Morgan fingerprint density at radius 3 is 2.08 bits per heavy atom. The average molecular weight is 170 g/mol. The lowest BCUT2D eigenvalue weighted by molar-refractivity contribution is -0.132. The van der Waals surface area contributed by atoms with Crippen LogP contribution in [0.1, 0.15) is 13.3 Å². The maximum atomic E-state index is 10.2. The van der Waals surface area contributed by atoms with Crippen molar-refractivity contribution in [2.45, 2.75) is 13.3 Å². The van der Waals surface area contributed by atoms with Gasteiger partial charge in [0, 0.05) is 12.2 Å². The van der Waals surface area contributed by atoms with Crippen molar-refractivity contribution in [1.29, 1.82) is 0 Å². The summed E-state index contributed by atoms with van der Waals surface area (Å²) in [6.07, 6.45) is 3.67. The third kappa shape index (κ3) is 5.22. The first-order valence-electron chi connectivity index (χ1n) is 3.40. The molecule has 0 aliphatic rings. The molecule has 0 aromatic heterocycles. The number of hydrogen-bond donors (Lipinski definition) is 2. The molecule has 0 atom stereocenters. The fraction of sp³-hybridized carbons (Fsp3) is 0.250. The summed E-state index contributed by atoms with van der Waals surface area (Å²) in [5.41, 5.74) is 0.477. The largest absolute Gasteiger partial charge is 0.478 e. The monoisotopic (exact) mass is 170 g/mol. The van der Waals surface area contributed by atoms with E-state index in [-0.39, 0.29) is 0 Å². The number of hydrogen-bond acceptors (Lipinski definition) is 2. The molecule has 0 bridgehead atoms. The standard InChI is InChI=1S/C8H10O4/c1-2-6(5-8(11)12)3-4-7(9)10/h3-5H,2H2,1H3,(H,9,10)(H,11,12). The van der Waals surface area contributed by atoms with Crippen LogP contribution in [0.5, 0.6) is 0 Å². The Bertz CT molecular complexity index is 237. The van der Waals surface area contributed by atoms with Crippen LogP contribution in [0.4, 0.5) is 0 Å². The lowest BCUT2D eigenvalue weighted by Crippen LogP contribution is -1.91. The Morgan fingerprint density at radius 2 is 1.75 bits per heavy atom. The molecule has 0 aromatic carbocycles. The van der Waals surface area contributed by atoms with Crippen LogP contribution in [0.25, 0.3) is 0 Å². The number of aliphatic carboxylic acids is 2. The molecule has 0 radical (unpaired) electrons. The van der Waals surface area contributed by atoms with E-state index in [1.807, 2.05) is 0 Å². The van der Waals surface area contributed by atoms with Gasteiger partial charge in [-0.15, -0.1) is 0 Å². The van der Waals surface area contributed by atoms with E-state index in [1.54, 1.807) is 6.92 Å². The molecule has 0 aliphatic heterocycles. The van der Waals surface area contributed by atoms with E-state index in [0.717, 1.165) is 12.2 Å². The fourth-order valence-corrected chi connectivity index (χ4v) is 0.605. The van der Waals surface area contributed by atoms with Gasteiger partial charge in [0.15, 0.2) is 0 Å². The third-order valence-corrected chi connectivity index (χ3v) is 1.16. The van der Waals surface area contributed by atoms with Crippen molar-refractivity contribution in [3.05, 3.63) is 23.8 Å². The highest BCUT2D eigenvalue weighted by atomic mass is 16.4. The van der Waals surface area contributed by atoms with Crippen molar-refractivity contribution in [2.24, 2.45) is 0 Å². The SMILES string of the molecule is CCC(C=CC(=O)O)=CC(=O)O. The maximum absolute atomic E-state index is 10.2. The van der Waals surface area contributed by atoms with Crippen LogP contribution in [-0.4, -0.2) is 22.2 Å². The molecule has 0 spiro atoms. The molecule has 12 heavy (non-hydrogen) atoms. The van der Waals surface area contributed by atoms with Gasteiger partial charge in [-0.05, 0) is 12.0 Å². The Labute approximate surface area is 69.8 Å².